The molecule has 0 spiro atoms. The van der Waals surface area contributed by atoms with E-state index in [1.54, 1.807) is 7.11 Å². The van der Waals surface area contributed by atoms with Crippen molar-refractivity contribution in [2.24, 2.45) is 5.10 Å². The van der Waals surface area contributed by atoms with Crippen LogP contribution in [0.2, 0.25) is 5.02 Å². The third-order valence-electron chi connectivity index (χ3n) is 3.64. The maximum absolute atomic E-state index is 12.3. The second-order valence-corrected chi connectivity index (χ2v) is 7.31. The van der Waals surface area contributed by atoms with Gasteiger partial charge in [-0.1, -0.05) is 41.9 Å². The molecule has 25 heavy (non-hydrogen) atoms. The van der Waals surface area contributed by atoms with E-state index in [-0.39, 0.29) is 4.90 Å². The lowest BCUT2D eigenvalue weighted by molar-refractivity contribution is 0.415. The molecular formula is C18H15ClN2O3S. The average molecular weight is 375 g/mol. The molecule has 0 aromatic heterocycles. The molecule has 0 heterocycles. The first-order valence-electron chi connectivity index (χ1n) is 7.37. The molecule has 0 saturated carbocycles. The molecular weight excluding hydrogens is 360 g/mol. The highest BCUT2D eigenvalue weighted by Gasteiger charge is 2.12. The Balaban J connectivity index is 1.92. The van der Waals surface area contributed by atoms with Gasteiger partial charge in [0.15, 0.2) is 0 Å². The predicted octanol–water partition coefficient (Wildman–Crippen LogP) is 3.81. The van der Waals surface area contributed by atoms with Crippen molar-refractivity contribution in [1.29, 1.82) is 0 Å². The number of sulfonamides is 1. The summed E-state index contributed by atoms with van der Waals surface area (Å²) >= 11 is 5.78. The molecule has 0 atom stereocenters. The number of fused-ring (bicyclic) bond motifs is 1. The van der Waals surface area contributed by atoms with E-state index in [4.69, 9.17) is 16.3 Å². The Morgan fingerprint density at radius 1 is 1.04 bits per heavy atom. The van der Waals surface area contributed by atoms with Gasteiger partial charge in [-0.15, -0.1) is 0 Å². The third-order valence-corrected chi connectivity index (χ3v) is 5.13. The lowest BCUT2D eigenvalue weighted by atomic mass is 10.0. The molecule has 0 saturated heterocycles. The van der Waals surface area contributed by atoms with E-state index in [2.05, 4.69) is 9.93 Å². The molecule has 0 radical (unpaired) electrons. The highest BCUT2D eigenvalue weighted by molar-refractivity contribution is 7.89. The Morgan fingerprint density at radius 3 is 2.48 bits per heavy atom. The van der Waals surface area contributed by atoms with Crippen LogP contribution in [0.1, 0.15) is 5.56 Å². The number of hydrogen-bond acceptors (Lipinski definition) is 4. The Bertz CT molecular complexity index is 1030. The summed E-state index contributed by atoms with van der Waals surface area (Å²) in [6.07, 6.45) is 1.44. The van der Waals surface area contributed by atoms with Gasteiger partial charge in [-0.3, -0.25) is 0 Å². The SMILES string of the molecule is COc1ccc2ccccc2c1/C=N/NS(=O)(=O)c1ccc(Cl)cc1. The highest BCUT2D eigenvalue weighted by Crippen LogP contribution is 2.26. The van der Waals surface area contributed by atoms with Crippen LogP contribution in [0.4, 0.5) is 0 Å². The van der Waals surface area contributed by atoms with Crippen molar-refractivity contribution in [2.45, 2.75) is 4.90 Å². The third kappa shape index (κ3) is 3.75. The van der Waals surface area contributed by atoms with Crippen LogP contribution in [0, 0.1) is 0 Å². The minimum atomic E-state index is -3.77. The topological polar surface area (TPSA) is 67.8 Å². The molecule has 0 bridgehead atoms. The molecule has 1 N–H and O–H groups in total. The van der Waals surface area contributed by atoms with Crippen LogP contribution in [0.5, 0.6) is 5.75 Å². The van der Waals surface area contributed by atoms with E-state index in [1.165, 1.54) is 30.5 Å². The average Bonchev–Trinajstić information content (AvgIpc) is 2.62. The van der Waals surface area contributed by atoms with Gasteiger partial charge in [0.05, 0.1) is 18.2 Å². The Hall–Kier alpha value is -2.57. The molecule has 5 nitrogen and oxygen atoms in total. The van der Waals surface area contributed by atoms with Gasteiger partial charge < -0.3 is 4.74 Å². The van der Waals surface area contributed by atoms with Crippen molar-refractivity contribution in [3.05, 3.63) is 71.2 Å². The molecule has 128 valence electrons. The van der Waals surface area contributed by atoms with Gasteiger partial charge in [0.25, 0.3) is 10.0 Å². The summed E-state index contributed by atoms with van der Waals surface area (Å²) < 4.78 is 29.9. The fourth-order valence-electron chi connectivity index (χ4n) is 2.41. The molecule has 0 aliphatic rings. The normalized spacial score (nSPS) is 11.8. The van der Waals surface area contributed by atoms with Gasteiger partial charge in [-0.05, 0) is 41.1 Å². The van der Waals surface area contributed by atoms with Crippen molar-refractivity contribution in [3.63, 3.8) is 0 Å². The first-order chi connectivity index (χ1) is 12.0. The number of halogens is 1. The van der Waals surface area contributed by atoms with E-state index in [1.807, 2.05) is 36.4 Å². The second kappa shape index (κ2) is 7.13. The standard InChI is InChI=1S/C18H15ClN2O3S/c1-24-18-11-6-13-4-2-3-5-16(13)17(18)12-20-21-25(22,23)15-9-7-14(19)8-10-15/h2-12,21H,1H3/b20-12+. The summed E-state index contributed by atoms with van der Waals surface area (Å²) in [6.45, 7) is 0. The molecule has 3 aromatic carbocycles. The predicted molar refractivity (Wildman–Crippen MR) is 99.9 cm³/mol. The quantitative estimate of drug-likeness (QED) is 0.545. The number of benzene rings is 3. The van der Waals surface area contributed by atoms with Crippen LogP contribution in [-0.2, 0) is 10.0 Å². The molecule has 0 amide bonds. The first kappa shape index (κ1) is 17.3. The number of hydrogen-bond donors (Lipinski definition) is 1. The summed E-state index contributed by atoms with van der Waals surface area (Å²) in [5.41, 5.74) is 0.694. The maximum Gasteiger partial charge on any atom is 0.276 e. The van der Waals surface area contributed by atoms with Crippen molar-refractivity contribution in [2.75, 3.05) is 7.11 Å². The monoisotopic (exact) mass is 374 g/mol. The van der Waals surface area contributed by atoms with Gasteiger partial charge in [0.2, 0.25) is 0 Å². The van der Waals surface area contributed by atoms with Gasteiger partial charge in [-0.2, -0.15) is 13.5 Å². The molecule has 3 aromatic rings. The Labute approximate surface area is 150 Å². The number of methoxy groups -OCH3 is 1. The minimum absolute atomic E-state index is 0.0823. The van der Waals surface area contributed by atoms with Crippen molar-refractivity contribution in [3.8, 4) is 5.75 Å². The minimum Gasteiger partial charge on any atom is -0.496 e. The number of ether oxygens (including phenoxy) is 1. The van der Waals surface area contributed by atoms with E-state index < -0.39 is 10.0 Å². The smallest absolute Gasteiger partial charge is 0.276 e. The Kier molecular flexibility index (Phi) is 4.92. The van der Waals surface area contributed by atoms with E-state index in [0.29, 0.717) is 16.3 Å². The first-order valence-corrected chi connectivity index (χ1v) is 9.23. The molecule has 7 heteroatoms. The molecule has 0 unspecified atom stereocenters. The fourth-order valence-corrected chi connectivity index (χ4v) is 3.33. The summed E-state index contributed by atoms with van der Waals surface area (Å²) in [6, 6.07) is 17.3. The van der Waals surface area contributed by atoms with Crippen LogP contribution >= 0.6 is 11.6 Å². The molecule has 0 aliphatic heterocycles. The van der Waals surface area contributed by atoms with Crippen molar-refractivity contribution >= 4 is 38.6 Å². The molecule has 0 fully saturated rings. The number of hydrazone groups is 1. The van der Waals surface area contributed by atoms with Gasteiger partial charge in [-0.25, -0.2) is 4.83 Å². The van der Waals surface area contributed by atoms with Crippen LogP contribution in [0.15, 0.2) is 70.7 Å². The fraction of sp³-hybridized carbons (Fsp3) is 0.0556. The lowest BCUT2D eigenvalue weighted by Gasteiger charge is -2.08. The zero-order valence-electron chi connectivity index (χ0n) is 13.3. The highest BCUT2D eigenvalue weighted by atomic mass is 35.5. The number of nitrogens with one attached hydrogen (secondary N) is 1. The summed E-state index contributed by atoms with van der Waals surface area (Å²) in [4.78, 5) is 2.28. The van der Waals surface area contributed by atoms with Crippen molar-refractivity contribution < 1.29 is 13.2 Å². The Morgan fingerprint density at radius 2 is 1.76 bits per heavy atom. The van der Waals surface area contributed by atoms with Crippen molar-refractivity contribution in [1.82, 2.24) is 4.83 Å². The van der Waals surface area contributed by atoms with Crippen LogP contribution in [-0.4, -0.2) is 21.7 Å². The van der Waals surface area contributed by atoms with Gasteiger partial charge >= 0.3 is 0 Å². The summed E-state index contributed by atoms with van der Waals surface area (Å²) in [5.74, 6) is 0.605. The number of rotatable bonds is 5. The number of nitrogens with zero attached hydrogens (tertiary/aromatic N) is 1. The van der Waals surface area contributed by atoms with Crippen LogP contribution in [0.25, 0.3) is 10.8 Å². The molecule has 3 rings (SSSR count). The summed E-state index contributed by atoms with van der Waals surface area (Å²) in [5, 5.41) is 6.27. The van der Waals surface area contributed by atoms with Crippen LogP contribution < -0.4 is 9.57 Å². The lowest BCUT2D eigenvalue weighted by Crippen LogP contribution is -2.18. The summed E-state index contributed by atoms with van der Waals surface area (Å²) in [7, 11) is -2.21. The zero-order chi connectivity index (χ0) is 17.9. The van der Waals surface area contributed by atoms with E-state index in [9.17, 15) is 8.42 Å². The second-order valence-electron chi connectivity index (χ2n) is 5.21. The zero-order valence-corrected chi connectivity index (χ0v) is 14.9. The maximum atomic E-state index is 12.3. The van der Waals surface area contributed by atoms with Crippen LogP contribution in [0.3, 0.4) is 0 Å². The largest absolute Gasteiger partial charge is 0.496 e. The van der Waals surface area contributed by atoms with Gasteiger partial charge in [0.1, 0.15) is 5.75 Å². The van der Waals surface area contributed by atoms with Gasteiger partial charge in [0, 0.05) is 10.6 Å². The van der Waals surface area contributed by atoms with E-state index in [0.717, 1.165) is 10.8 Å². The molecule has 0 aliphatic carbocycles. The van der Waals surface area contributed by atoms with E-state index >= 15 is 0 Å².